The number of esters is 2. The van der Waals surface area contributed by atoms with Crippen LogP contribution in [0.4, 0.5) is 11.4 Å². The second-order valence-electron chi connectivity index (χ2n) is 15.5. The van der Waals surface area contributed by atoms with Gasteiger partial charge in [-0.2, -0.15) is 0 Å². The Labute approximate surface area is 376 Å². The van der Waals surface area contributed by atoms with Gasteiger partial charge in [0.1, 0.15) is 17.3 Å². The van der Waals surface area contributed by atoms with Crippen molar-refractivity contribution in [1.82, 2.24) is 0 Å². The van der Waals surface area contributed by atoms with Gasteiger partial charge in [0.05, 0.1) is 37.3 Å². The third-order valence-electron chi connectivity index (χ3n) is 10.7. The molecule has 2 N–H and O–H groups in total. The number of hydrogen-bond donors (Lipinski definition) is 2. The first kappa shape index (κ1) is 50.6. The highest BCUT2D eigenvalue weighted by Crippen LogP contribution is 2.43. The first-order valence-electron chi connectivity index (χ1n) is 21.1. The number of ketones is 2. The van der Waals surface area contributed by atoms with E-state index in [9.17, 15) is 49.6 Å². The summed E-state index contributed by atoms with van der Waals surface area (Å²) in [6.07, 6.45) is 7.58. The molecule has 0 radical (unpaired) electrons. The fourth-order valence-corrected chi connectivity index (χ4v) is 7.11. The largest absolute Gasteiger partial charge is 0.494 e. The van der Waals surface area contributed by atoms with Gasteiger partial charge in [0.25, 0.3) is 11.4 Å². The molecule has 0 bridgehead atoms. The Morgan fingerprint density at radius 1 is 0.569 bits per heavy atom. The van der Waals surface area contributed by atoms with Crippen LogP contribution >= 0.6 is 0 Å². The van der Waals surface area contributed by atoms with Gasteiger partial charge in [-0.15, -0.1) is 0 Å². The lowest BCUT2D eigenvalue weighted by Gasteiger charge is -2.43. The van der Waals surface area contributed by atoms with Gasteiger partial charge in [-0.05, 0) is 110 Å². The van der Waals surface area contributed by atoms with Crippen molar-refractivity contribution < 1.29 is 58.2 Å². The van der Waals surface area contributed by atoms with Crippen LogP contribution in [-0.4, -0.2) is 76.8 Å². The summed E-state index contributed by atoms with van der Waals surface area (Å²) >= 11 is 0. The summed E-state index contributed by atoms with van der Waals surface area (Å²) in [5, 5.41) is 47.1. The maximum absolute atomic E-state index is 14.0. The lowest BCUT2D eigenvalue weighted by molar-refractivity contribution is -0.385. The predicted molar refractivity (Wildman–Crippen MR) is 241 cm³/mol. The lowest BCUT2D eigenvalue weighted by atomic mass is 9.65. The first-order chi connectivity index (χ1) is 31.1. The van der Waals surface area contributed by atoms with E-state index in [0.29, 0.717) is 67.9 Å². The number of methoxy groups -OCH3 is 2. The van der Waals surface area contributed by atoms with Gasteiger partial charge in [-0.3, -0.25) is 29.8 Å². The number of hydrogen-bond acceptors (Lipinski definition) is 14. The van der Waals surface area contributed by atoms with E-state index in [1.807, 2.05) is 0 Å². The molecule has 0 unspecified atom stereocenters. The van der Waals surface area contributed by atoms with Gasteiger partial charge >= 0.3 is 11.9 Å². The molecule has 0 aliphatic heterocycles. The molecular weight excluding hydrogens is 841 g/mol. The van der Waals surface area contributed by atoms with Gasteiger partial charge in [-0.25, -0.2) is 9.59 Å². The zero-order valence-electron chi connectivity index (χ0n) is 36.4. The average molecular weight is 895 g/mol. The van der Waals surface area contributed by atoms with Crippen molar-refractivity contribution in [2.75, 3.05) is 27.4 Å². The van der Waals surface area contributed by atoms with Crippen LogP contribution in [0.5, 0.6) is 11.5 Å². The van der Waals surface area contributed by atoms with Crippen molar-refractivity contribution in [3.8, 4) is 11.5 Å². The van der Waals surface area contributed by atoms with Gasteiger partial charge < -0.3 is 29.2 Å². The van der Waals surface area contributed by atoms with Crippen molar-refractivity contribution >= 4 is 47.0 Å². The van der Waals surface area contributed by atoms with Gasteiger partial charge in [0, 0.05) is 61.1 Å². The van der Waals surface area contributed by atoms with Crippen molar-refractivity contribution in [1.29, 1.82) is 0 Å². The first-order valence-corrected chi connectivity index (χ1v) is 21.1. The zero-order chi connectivity index (χ0) is 47.2. The second kappa shape index (κ2) is 25.3. The molecule has 4 aromatic rings. The summed E-state index contributed by atoms with van der Waals surface area (Å²) in [5.41, 5.74) is 0.0563. The number of carbonyl (C=O) groups excluding carboxylic acids is 4. The highest BCUT2D eigenvalue weighted by Gasteiger charge is 2.54. The Balaban J connectivity index is 1.45. The van der Waals surface area contributed by atoms with Gasteiger partial charge in [-0.1, -0.05) is 48.5 Å². The molecule has 16 nitrogen and oxygen atoms in total. The average Bonchev–Trinajstić information content (AvgIpc) is 3.30. The minimum atomic E-state index is -3.08. The van der Waals surface area contributed by atoms with Crippen LogP contribution in [0, 0.1) is 25.6 Å². The van der Waals surface area contributed by atoms with E-state index in [1.165, 1.54) is 74.9 Å². The number of Topliss-reactive ketones (excluding diaryl/α,β-unsaturated/α-hetero) is 2. The zero-order valence-corrected chi connectivity index (χ0v) is 36.4. The van der Waals surface area contributed by atoms with E-state index in [0.717, 1.165) is 11.1 Å². The highest BCUT2D eigenvalue weighted by molar-refractivity contribution is 5.89. The second-order valence-corrected chi connectivity index (χ2v) is 15.5. The van der Waals surface area contributed by atoms with E-state index in [4.69, 9.17) is 9.47 Å². The summed E-state index contributed by atoms with van der Waals surface area (Å²) in [7, 11) is 2.58. The molecule has 0 saturated carbocycles. The summed E-state index contributed by atoms with van der Waals surface area (Å²) in [6, 6.07) is 24.9. The number of benzene rings is 4. The lowest BCUT2D eigenvalue weighted by Crippen LogP contribution is -2.57. The summed E-state index contributed by atoms with van der Waals surface area (Å²) < 4.78 is 20.8. The van der Waals surface area contributed by atoms with Crippen molar-refractivity contribution in [2.24, 2.45) is 5.41 Å². The number of carbonyl (C=O) groups is 4. The molecule has 65 heavy (non-hydrogen) atoms. The molecule has 0 aliphatic carbocycles. The number of nitro benzene ring substituents is 2. The predicted octanol–water partition coefficient (Wildman–Crippen LogP) is 8.14. The van der Waals surface area contributed by atoms with Crippen LogP contribution in [0.3, 0.4) is 0 Å². The Hall–Kier alpha value is -7.04. The number of unbranched alkanes of at least 4 members (excludes halogenated alkanes) is 4. The fourth-order valence-electron chi connectivity index (χ4n) is 7.11. The number of aliphatic hydroxyl groups is 2. The SMILES string of the molecule is COC(=O)C=Cc1ccc(OCCCCCC(=O)CC(Cc2ccc([N+](=O)[O-])cc2)(Cc2ccc([N+](=O)[O-])cc2)C(O)(O)C(=O)CCCCCOc2ccc(C=CC(=O)OC)cc2)cc1. The molecule has 0 saturated heterocycles. The normalized spacial score (nSPS) is 11.6. The van der Waals surface area contributed by atoms with E-state index in [-0.39, 0.29) is 49.3 Å². The number of ether oxygens (including phenoxy) is 4. The van der Waals surface area contributed by atoms with Crippen LogP contribution in [0.15, 0.2) is 109 Å². The van der Waals surface area contributed by atoms with Crippen LogP contribution in [-0.2, 0) is 41.5 Å². The smallest absolute Gasteiger partial charge is 0.330 e. The van der Waals surface area contributed by atoms with Crippen LogP contribution in [0.25, 0.3) is 12.2 Å². The molecular formula is C49H54N2O14. The monoisotopic (exact) mass is 894 g/mol. The molecule has 0 amide bonds. The number of nitro groups is 2. The third-order valence-corrected chi connectivity index (χ3v) is 10.7. The maximum Gasteiger partial charge on any atom is 0.330 e. The molecule has 0 fully saturated rings. The van der Waals surface area contributed by atoms with E-state index < -0.39 is 45.2 Å². The molecule has 4 rings (SSSR count). The standard InChI is InChI=1S/C49H54N2O14/c1-62-46(54)29-19-36-15-25-43(26-16-36)64-31-7-3-5-9-42(52)35-48(33-38-11-21-40(22-12-38)50(58)59,34-39-13-23-41(24-14-39)51(60)61)49(56,57)45(53)10-6-4-8-32-65-44-27-17-37(18-28-44)20-30-47(55)63-2/h11-30,56-57H,3-10,31-35H2,1-2H3. The van der Waals surface area contributed by atoms with Gasteiger partial charge in [0.2, 0.25) is 5.79 Å². The minimum Gasteiger partial charge on any atom is -0.494 e. The molecule has 0 aromatic heterocycles. The Morgan fingerprint density at radius 3 is 1.35 bits per heavy atom. The van der Waals surface area contributed by atoms with E-state index in [1.54, 1.807) is 60.7 Å². The van der Waals surface area contributed by atoms with Crippen LogP contribution in [0.1, 0.15) is 80.0 Å². The van der Waals surface area contributed by atoms with Crippen LogP contribution < -0.4 is 9.47 Å². The molecule has 0 aliphatic rings. The molecule has 16 heteroatoms. The molecule has 344 valence electrons. The van der Waals surface area contributed by atoms with Crippen molar-refractivity contribution in [2.45, 2.75) is 76.4 Å². The molecule has 4 aromatic carbocycles. The summed E-state index contributed by atoms with van der Waals surface area (Å²) in [4.78, 5) is 72.4. The Morgan fingerprint density at radius 2 is 0.969 bits per heavy atom. The topological polar surface area (TPSA) is 232 Å². The quantitative estimate of drug-likeness (QED) is 0.0137. The Kier molecular flexibility index (Phi) is 19.7. The highest BCUT2D eigenvalue weighted by atomic mass is 16.6. The van der Waals surface area contributed by atoms with E-state index in [2.05, 4.69) is 9.47 Å². The number of rotatable bonds is 28. The number of non-ortho nitro benzene ring substituents is 2. The van der Waals surface area contributed by atoms with Crippen LogP contribution in [0.2, 0.25) is 0 Å². The molecule has 0 heterocycles. The van der Waals surface area contributed by atoms with Crippen molar-refractivity contribution in [3.63, 3.8) is 0 Å². The summed E-state index contributed by atoms with van der Waals surface area (Å²) in [6.45, 7) is 0.669. The van der Waals surface area contributed by atoms with E-state index >= 15 is 0 Å². The summed E-state index contributed by atoms with van der Waals surface area (Å²) in [5.74, 6) is -4.08. The maximum atomic E-state index is 14.0. The molecule has 0 atom stereocenters. The third kappa shape index (κ3) is 16.2. The molecule has 0 spiro atoms. The van der Waals surface area contributed by atoms with Crippen molar-refractivity contribution in [3.05, 3.63) is 152 Å². The van der Waals surface area contributed by atoms with Gasteiger partial charge in [0.15, 0.2) is 5.78 Å². The Bertz CT molecular complexity index is 2210. The minimum absolute atomic E-state index is 0.0423. The number of nitrogens with zero attached hydrogens (tertiary/aromatic N) is 2. The fraction of sp³-hybridized carbons (Fsp3) is 0.347.